The first kappa shape index (κ1) is 39.5. The van der Waals surface area contributed by atoms with Crippen LogP contribution in [0.5, 0.6) is 0 Å². The van der Waals surface area contributed by atoms with Gasteiger partial charge in [-0.25, -0.2) is 19.6 Å². The van der Waals surface area contributed by atoms with Crippen LogP contribution in [0.3, 0.4) is 0 Å². The maximum atomic E-state index is 13.8. The Kier molecular flexibility index (Phi) is 12.0. The molecule has 2 aliphatic heterocycles. The van der Waals surface area contributed by atoms with Crippen molar-refractivity contribution >= 4 is 34.6 Å². The Morgan fingerprint density at radius 2 is 1.67 bits per heavy atom. The molecule has 0 unspecified atom stereocenters. The van der Waals surface area contributed by atoms with Crippen molar-refractivity contribution in [2.24, 2.45) is 5.92 Å². The molecule has 288 valence electrons. The van der Waals surface area contributed by atoms with Crippen LogP contribution < -0.4 is 5.73 Å². The summed E-state index contributed by atoms with van der Waals surface area (Å²) in [5, 5.41) is 0.823. The van der Waals surface area contributed by atoms with Crippen LogP contribution in [0.1, 0.15) is 107 Å². The molecule has 0 bridgehead atoms. The number of carbonyl (C=O) groups is 2. The molecule has 0 radical (unpaired) electrons. The number of fused-ring (bicyclic) bond motifs is 2. The molecule has 13 heteroatoms. The standard InChI is InChI=1S/C39H60N6O7/c1-11-25(2)13-18-43(35(46)51-37(3,4)5)16-12-17-44(36(47)52-38(6,7)8)22-27-21-29(32-31(27)49-39(9,10)50-32)45-23-28(26-14-19-48-20-15-26)30-33(40)41-24-42-34(30)45/h11,14,23-24,27,29,31-32H,12-13,15-22H2,1-10H3,(H2,40,41,42)/b25-11+/t27-,29-,31-,32+/m1/s1. The third-order valence-electron chi connectivity index (χ3n) is 9.74. The quantitative estimate of drug-likeness (QED) is 0.238. The third kappa shape index (κ3) is 9.64. The third-order valence-corrected chi connectivity index (χ3v) is 9.74. The minimum Gasteiger partial charge on any atom is -0.444 e. The second kappa shape index (κ2) is 15.7. The van der Waals surface area contributed by atoms with E-state index in [-0.39, 0.29) is 30.3 Å². The number of rotatable bonds is 11. The van der Waals surface area contributed by atoms with E-state index in [9.17, 15) is 9.59 Å². The summed E-state index contributed by atoms with van der Waals surface area (Å²) in [6, 6.07) is -0.138. The molecule has 2 amide bonds. The number of nitrogen functional groups attached to an aromatic ring is 1. The van der Waals surface area contributed by atoms with E-state index in [1.165, 1.54) is 11.9 Å². The Morgan fingerprint density at radius 3 is 2.31 bits per heavy atom. The van der Waals surface area contributed by atoms with Gasteiger partial charge in [0.15, 0.2) is 5.79 Å². The van der Waals surface area contributed by atoms with Crippen molar-refractivity contribution in [2.45, 2.75) is 130 Å². The lowest BCUT2D eigenvalue weighted by Crippen LogP contribution is -2.44. The van der Waals surface area contributed by atoms with Crippen molar-refractivity contribution in [2.75, 3.05) is 45.1 Å². The lowest BCUT2D eigenvalue weighted by Gasteiger charge is -2.32. The molecule has 52 heavy (non-hydrogen) atoms. The predicted octanol–water partition coefficient (Wildman–Crippen LogP) is 7.12. The summed E-state index contributed by atoms with van der Waals surface area (Å²) < 4.78 is 32.6. The molecular formula is C39H60N6O7. The van der Waals surface area contributed by atoms with Crippen LogP contribution in [0, 0.1) is 5.92 Å². The van der Waals surface area contributed by atoms with Crippen molar-refractivity contribution in [3.8, 4) is 0 Å². The van der Waals surface area contributed by atoms with Gasteiger partial charge in [0, 0.05) is 43.9 Å². The molecule has 0 spiro atoms. The average Bonchev–Trinajstić information content (AvgIpc) is 3.69. The highest BCUT2D eigenvalue weighted by molar-refractivity contribution is 5.97. The minimum atomic E-state index is -0.814. The molecule has 13 nitrogen and oxygen atoms in total. The summed E-state index contributed by atoms with van der Waals surface area (Å²) in [5.74, 6) is -0.463. The summed E-state index contributed by atoms with van der Waals surface area (Å²) in [6.07, 6.45) is 9.16. The molecule has 2 fully saturated rings. The van der Waals surface area contributed by atoms with Gasteiger partial charge in [-0.15, -0.1) is 0 Å². The zero-order valence-corrected chi connectivity index (χ0v) is 32.9. The first-order chi connectivity index (χ1) is 24.4. The van der Waals surface area contributed by atoms with Gasteiger partial charge in [0.1, 0.15) is 35.1 Å². The molecule has 1 saturated carbocycles. The van der Waals surface area contributed by atoms with Crippen molar-refractivity contribution in [3.63, 3.8) is 0 Å². The number of carbonyl (C=O) groups excluding carboxylic acids is 2. The Morgan fingerprint density at radius 1 is 1.02 bits per heavy atom. The van der Waals surface area contributed by atoms with Crippen LogP contribution in [0.15, 0.2) is 30.2 Å². The first-order valence-electron chi connectivity index (χ1n) is 18.7. The number of allylic oxidation sites excluding steroid dienone is 1. The number of ether oxygens (including phenoxy) is 5. The molecule has 5 rings (SSSR count). The zero-order valence-electron chi connectivity index (χ0n) is 32.9. The van der Waals surface area contributed by atoms with E-state index >= 15 is 0 Å². The normalized spacial score (nSPS) is 23.3. The molecule has 1 saturated heterocycles. The zero-order chi connectivity index (χ0) is 38.0. The molecule has 2 N–H and O–H groups in total. The maximum Gasteiger partial charge on any atom is 0.410 e. The van der Waals surface area contributed by atoms with E-state index in [0.29, 0.717) is 58.1 Å². The monoisotopic (exact) mass is 724 g/mol. The Hall–Kier alpha value is -3.68. The molecule has 3 aliphatic rings. The summed E-state index contributed by atoms with van der Waals surface area (Å²) in [7, 11) is 0. The second-order valence-electron chi connectivity index (χ2n) is 16.7. The summed E-state index contributed by atoms with van der Waals surface area (Å²) in [6.45, 7) is 22.0. The summed E-state index contributed by atoms with van der Waals surface area (Å²) in [4.78, 5) is 39.6. The smallest absolute Gasteiger partial charge is 0.410 e. The average molecular weight is 725 g/mol. The maximum absolute atomic E-state index is 13.8. The van der Waals surface area contributed by atoms with Gasteiger partial charge in [-0.2, -0.15) is 0 Å². The Labute approximate surface area is 308 Å². The van der Waals surface area contributed by atoms with Crippen LogP contribution in [0.4, 0.5) is 15.4 Å². The van der Waals surface area contributed by atoms with Gasteiger partial charge in [0.2, 0.25) is 0 Å². The first-order valence-corrected chi connectivity index (χ1v) is 18.7. The van der Waals surface area contributed by atoms with Crippen molar-refractivity contribution in [3.05, 3.63) is 35.8 Å². The highest BCUT2D eigenvalue weighted by Crippen LogP contribution is 2.49. The van der Waals surface area contributed by atoms with E-state index in [4.69, 9.17) is 34.4 Å². The van der Waals surface area contributed by atoms with Gasteiger partial charge in [0.05, 0.1) is 30.7 Å². The van der Waals surface area contributed by atoms with Crippen molar-refractivity contribution in [1.82, 2.24) is 24.3 Å². The minimum absolute atomic E-state index is 0.0778. The van der Waals surface area contributed by atoms with Gasteiger partial charge in [0.25, 0.3) is 0 Å². The highest BCUT2D eigenvalue weighted by Gasteiger charge is 2.55. The fraction of sp³-hybridized carbons (Fsp3) is 0.692. The molecule has 4 atom stereocenters. The summed E-state index contributed by atoms with van der Waals surface area (Å²) in [5.41, 5.74) is 9.28. The molecule has 0 aromatic carbocycles. The van der Waals surface area contributed by atoms with Gasteiger partial charge in [-0.05, 0) is 100 Å². The number of nitrogens with zero attached hydrogens (tertiary/aromatic N) is 5. The van der Waals surface area contributed by atoms with Crippen LogP contribution >= 0.6 is 0 Å². The van der Waals surface area contributed by atoms with E-state index in [1.54, 1.807) is 9.80 Å². The van der Waals surface area contributed by atoms with Crippen molar-refractivity contribution in [1.29, 1.82) is 0 Å². The largest absolute Gasteiger partial charge is 0.444 e. The number of aromatic nitrogens is 3. The van der Waals surface area contributed by atoms with Crippen LogP contribution in [-0.2, 0) is 23.7 Å². The number of hydrogen-bond acceptors (Lipinski definition) is 10. The molecule has 2 aromatic rings. The molecular weight excluding hydrogens is 664 g/mol. The molecule has 4 heterocycles. The highest BCUT2D eigenvalue weighted by atomic mass is 16.8. The van der Waals surface area contributed by atoms with Crippen LogP contribution in [-0.4, -0.2) is 105 Å². The Bertz CT molecular complexity index is 1650. The van der Waals surface area contributed by atoms with Crippen LogP contribution in [0.2, 0.25) is 0 Å². The van der Waals surface area contributed by atoms with E-state index in [0.717, 1.165) is 35.0 Å². The molecule has 1 aliphatic carbocycles. The van der Waals surface area contributed by atoms with Gasteiger partial charge < -0.3 is 43.8 Å². The Balaban J connectivity index is 1.41. The predicted molar refractivity (Wildman–Crippen MR) is 201 cm³/mol. The van der Waals surface area contributed by atoms with Crippen LogP contribution in [0.25, 0.3) is 16.6 Å². The van der Waals surface area contributed by atoms with E-state index < -0.39 is 23.1 Å². The number of anilines is 1. The lowest BCUT2D eigenvalue weighted by molar-refractivity contribution is -0.160. The second-order valence-corrected chi connectivity index (χ2v) is 16.7. The van der Waals surface area contributed by atoms with Gasteiger partial charge in [-0.1, -0.05) is 17.7 Å². The van der Waals surface area contributed by atoms with Gasteiger partial charge in [-0.3, -0.25) is 0 Å². The van der Waals surface area contributed by atoms with E-state index in [1.807, 2.05) is 62.3 Å². The van der Waals surface area contributed by atoms with E-state index in [2.05, 4.69) is 34.8 Å². The lowest BCUT2D eigenvalue weighted by atomic mass is 10.0. The summed E-state index contributed by atoms with van der Waals surface area (Å²) >= 11 is 0. The number of amides is 2. The van der Waals surface area contributed by atoms with Gasteiger partial charge >= 0.3 is 12.2 Å². The fourth-order valence-electron chi connectivity index (χ4n) is 7.28. The SMILES string of the molecule is C/C=C(\C)CCN(CCCN(C[C@H]1C[C@@H](n2cc(C3=CCOCC3)c3c(N)ncnc32)[C@@H]2OC(C)(C)O[C@H]12)C(=O)OC(C)(C)C)C(=O)OC(C)(C)C. The molecule has 2 aromatic heterocycles. The number of hydrogen-bond donors (Lipinski definition) is 1. The van der Waals surface area contributed by atoms with Crippen molar-refractivity contribution < 1.29 is 33.3 Å². The topological polar surface area (TPSA) is 144 Å². The fourth-order valence-corrected chi connectivity index (χ4v) is 7.28. The number of nitrogens with two attached hydrogens (primary N) is 1.